The second-order valence-corrected chi connectivity index (χ2v) is 9.52. The first-order valence-corrected chi connectivity index (χ1v) is 12.6. The van der Waals surface area contributed by atoms with E-state index >= 15 is 0 Å². The Morgan fingerprint density at radius 1 is 1.06 bits per heavy atom. The minimum Gasteiger partial charge on any atom is -0.383 e. The predicted molar refractivity (Wildman–Crippen MR) is 127 cm³/mol. The number of rotatable bonds is 13. The number of nitrogens with zero attached hydrogens (tertiary/aromatic N) is 1. The van der Waals surface area contributed by atoms with Gasteiger partial charge in [0.15, 0.2) is 0 Å². The highest BCUT2D eigenvalue weighted by atomic mass is 32.2. The van der Waals surface area contributed by atoms with Crippen molar-refractivity contribution in [2.24, 2.45) is 0 Å². The third kappa shape index (κ3) is 8.19. The highest BCUT2D eigenvalue weighted by Crippen LogP contribution is 2.15. The third-order valence-corrected chi connectivity index (χ3v) is 6.80. The van der Waals surface area contributed by atoms with Crippen LogP contribution in [0.3, 0.4) is 0 Å². The average Bonchev–Trinajstić information content (AvgIpc) is 2.82. The number of carbonyl (C=O) groups excluding carboxylic acids is 2. The van der Waals surface area contributed by atoms with Crippen molar-refractivity contribution >= 4 is 21.8 Å². The van der Waals surface area contributed by atoms with Crippen molar-refractivity contribution in [3.8, 4) is 0 Å². The zero-order chi connectivity index (χ0) is 25.1. The molecule has 2 amide bonds. The van der Waals surface area contributed by atoms with Crippen LogP contribution in [0.2, 0.25) is 0 Å². The molecule has 8 nitrogen and oxygen atoms in total. The molecule has 2 aromatic rings. The SMILES string of the molecule is CCNS(=O)(=O)c1ccc(CCC(=O)N(Cc2ccc(F)cc2)[C@H](C)C(=O)NCCOC)cc1. The molecule has 10 heteroatoms. The Labute approximate surface area is 200 Å². The van der Waals surface area contributed by atoms with E-state index < -0.39 is 16.1 Å². The first-order chi connectivity index (χ1) is 16.2. The molecule has 186 valence electrons. The second-order valence-electron chi connectivity index (χ2n) is 7.75. The minimum atomic E-state index is -3.55. The number of benzene rings is 2. The number of aryl methyl sites for hydroxylation is 1. The first-order valence-electron chi connectivity index (χ1n) is 11.1. The molecular formula is C24H32FN3O5S. The van der Waals surface area contributed by atoms with Crippen molar-refractivity contribution in [1.29, 1.82) is 0 Å². The standard InChI is InChI=1S/C24H32FN3O5S/c1-4-27-34(31,32)22-12-7-19(8-13-22)9-14-23(29)28(17-20-5-10-21(25)11-6-20)18(2)24(30)26-15-16-33-3/h5-8,10-13,18,27H,4,9,14-17H2,1-3H3,(H,26,30)/t18-/m1/s1. The van der Waals surface area contributed by atoms with Gasteiger partial charge in [-0.05, 0) is 48.7 Å². The molecule has 2 rings (SSSR count). The number of carbonyl (C=O) groups is 2. The zero-order valence-corrected chi connectivity index (χ0v) is 20.5. The van der Waals surface area contributed by atoms with Gasteiger partial charge in [0, 0.05) is 33.2 Å². The van der Waals surface area contributed by atoms with Gasteiger partial charge in [0.2, 0.25) is 21.8 Å². The van der Waals surface area contributed by atoms with E-state index in [1.54, 1.807) is 38.1 Å². The van der Waals surface area contributed by atoms with Crippen LogP contribution in [-0.4, -0.2) is 58.0 Å². The molecule has 0 saturated carbocycles. The summed E-state index contributed by atoms with van der Waals surface area (Å²) >= 11 is 0. The molecule has 2 aromatic carbocycles. The van der Waals surface area contributed by atoms with Crippen molar-refractivity contribution in [2.75, 3.05) is 26.8 Å². The van der Waals surface area contributed by atoms with Crippen LogP contribution in [0.4, 0.5) is 4.39 Å². The van der Waals surface area contributed by atoms with Gasteiger partial charge >= 0.3 is 0 Å². The molecule has 0 bridgehead atoms. The Kier molecular flexibility index (Phi) is 10.6. The Morgan fingerprint density at radius 2 is 1.68 bits per heavy atom. The van der Waals surface area contributed by atoms with E-state index in [0.717, 1.165) is 5.56 Å². The summed E-state index contributed by atoms with van der Waals surface area (Å²) < 4.78 is 44.8. The third-order valence-electron chi connectivity index (χ3n) is 5.23. The van der Waals surface area contributed by atoms with Crippen molar-refractivity contribution in [2.45, 2.75) is 44.2 Å². The van der Waals surface area contributed by atoms with Gasteiger partial charge in [0.05, 0.1) is 11.5 Å². The summed E-state index contributed by atoms with van der Waals surface area (Å²) in [6, 6.07) is 11.4. The number of halogens is 1. The van der Waals surface area contributed by atoms with Gasteiger partial charge in [0.25, 0.3) is 0 Å². The molecule has 0 saturated heterocycles. The van der Waals surface area contributed by atoms with Crippen LogP contribution in [0, 0.1) is 5.82 Å². The number of sulfonamides is 1. The average molecular weight is 494 g/mol. The first kappa shape index (κ1) is 27.4. The second kappa shape index (κ2) is 13.2. The Balaban J connectivity index is 2.10. The lowest BCUT2D eigenvalue weighted by Gasteiger charge is -2.29. The van der Waals surface area contributed by atoms with Crippen LogP contribution < -0.4 is 10.0 Å². The van der Waals surface area contributed by atoms with Crippen LogP contribution in [0.5, 0.6) is 0 Å². The molecule has 2 N–H and O–H groups in total. The normalized spacial score (nSPS) is 12.2. The number of methoxy groups -OCH3 is 1. The van der Waals surface area contributed by atoms with E-state index in [1.165, 1.54) is 36.3 Å². The van der Waals surface area contributed by atoms with Crippen LogP contribution >= 0.6 is 0 Å². The molecule has 1 atom stereocenters. The lowest BCUT2D eigenvalue weighted by molar-refractivity contribution is -0.140. The van der Waals surface area contributed by atoms with Crippen molar-refractivity contribution in [3.63, 3.8) is 0 Å². The number of nitrogens with one attached hydrogen (secondary N) is 2. The van der Waals surface area contributed by atoms with Crippen LogP contribution in [0.1, 0.15) is 31.4 Å². The zero-order valence-electron chi connectivity index (χ0n) is 19.7. The number of amides is 2. The molecule has 0 unspecified atom stereocenters. The van der Waals surface area contributed by atoms with Crippen LogP contribution in [-0.2, 0) is 37.3 Å². The smallest absolute Gasteiger partial charge is 0.242 e. The molecule has 0 aliphatic carbocycles. The van der Waals surface area contributed by atoms with E-state index in [0.29, 0.717) is 31.7 Å². The van der Waals surface area contributed by atoms with Crippen molar-refractivity contribution in [3.05, 3.63) is 65.5 Å². The summed E-state index contributed by atoms with van der Waals surface area (Å²) in [6.45, 7) is 4.46. The summed E-state index contributed by atoms with van der Waals surface area (Å²) in [5.41, 5.74) is 1.49. The van der Waals surface area contributed by atoms with E-state index in [-0.39, 0.29) is 35.5 Å². The quantitative estimate of drug-likeness (QED) is 0.417. The van der Waals surface area contributed by atoms with Gasteiger partial charge in [-0.1, -0.05) is 31.2 Å². The van der Waals surface area contributed by atoms with Gasteiger partial charge in [-0.3, -0.25) is 9.59 Å². The highest BCUT2D eigenvalue weighted by Gasteiger charge is 2.26. The maximum absolute atomic E-state index is 13.3. The summed E-state index contributed by atoms with van der Waals surface area (Å²) in [7, 11) is -2.02. The van der Waals surface area contributed by atoms with Gasteiger partial charge in [0.1, 0.15) is 11.9 Å². The van der Waals surface area contributed by atoms with Crippen molar-refractivity contribution < 1.29 is 27.1 Å². The van der Waals surface area contributed by atoms with Gasteiger partial charge < -0.3 is 15.0 Å². The topological polar surface area (TPSA) is 105 Å². The van der Waals surface area contributed by atoms with Crippen LogP contribution in [0.15, 0.2) is 53.4 Å². The summed E-state index contributed by atoms with van der Waals surface area (Å²) in [5.74, 6) is -0.944. The Morgan fingerprint density at radius 3 is 2.26 bits per heavy atom. The largest absolute Gasteiger partial charge is 0.383 e. The van der Waals surface area contributed by atoms with Gasteiger partial charge in [-0.15, -0.1) is 0 Å². The molecule has 0 radical (unpaired) electrons. The maximum atomic E-state index is 13.3. The molecule has 0 aliphatic heterocycles. The summed E-state index contributed by atoms with van der Waals surface area (Å²) in [6.07, 6.45) is 0.495. The molecule has 0 aromatic heterocycles. The molecule has 0 spiro atoms. The molecule has 34 heavy (non-hydrogen) atoms. The lowest BCUT2D eigenvalue weighted by Crippen LogP contribution is -2.48. The Bertz CT molecular complexity index is 1040. The lowest BCUT2D eigenvalue weighted by atomic mass is 10.1. The number of hydrogen-bond donors (Lipinski definition) is 2. The maximum Gasteiger partial charge on any atom is 0.242 e. The minimum absolute atomic E-state index is 0.121. The molecular weight excluding hydrogens is 461 g/mol. The van der Waals surface area contributed by atoms with Crippen molar-refractivity contribution in [1.82, 2.24) is 14.9 Å². The van der Waals surface area contributed by atoms with Gasteiger partial charge in [-0.25, -0.2) is 17.5 Å². The summed E-state index contributed by atoms with van der Waals surface area (Å²) in [5, 5.41) is 2.74. The fourth-order valence-corrected chi connectivity index (χ4v) is 4.34. The van der Waals surface area contributed by atoms with E-state index in [4.69, 9.17) is 4.74 Å². The fraction of sp³-hybridized carbons (Fsp3) is 0.417. The van der Waals surface area contributed by atoms with E-state index in [2.05, 4.69) is 10.0 Å². The van der Waals surface area contributed by atoms with Gasteiger partial charge in [-0.2, -0.15) is 0 Å². The fourth-order valence-electron chi connectivity index (χ4n) is 3.30. The Hall–Kier alpha value is -2.82. The number of hydrogen-bond acceptors (Lipinski definition) is 5. The molecule has 0 heterocycles. The summed E-state index contributed by atoms with van der Waals surface area (Å²) in [4.78, 5) is 27.3. The molecule has 0 aliphatic rings. The van der Waals surface area contributed by atoms with E-state index in [9.17, 15) is 22.4 Å². The number of ether oxygens (including phenoxy) is 1. The monoisotopic (exact) mass is 493 g/mol. The highest BCUT2D eigenvalue weighted by molar-refractivity contribution is 7.89. The predicted octanol–water partition coefficient (Wildman–Crippen LogP) is 2.24. The molecule has 0 fully saturated rings. The van der Waals surface area contributed by atoms with Crippen LogP contribution in [0.25, 0.3) is 0 Å². The van der Waals surface area contributed by atoms with E-state index in [1.807, 2.05) is 0 Å².